The zero-order valence-electron chi connectivity index (χ0n) is 11.4. The first kappa shape index (κ1) is 14.7. The first-order valence-electron chi connectivity index (χ1n) is 6.36. The van der Waals surface area contributed by atoms with Crippen molar-refractivity contribution in [1.82, 2.24) is 9.97 Å². The first-order valence-corrected chi connectivity index (χ1v) is 6.36. The molecule has 4 N–H and O–H groups in total. The van der Waals surface area contributed by atoms with Crippen molar-refractivity contribution in [1.29, 1.82) is 0 Å². The number of rotatable bonds is 7. The molecule has 0 fully saturated rings. The SMILES string of the molecule is CC(CCc1ccco1)Nc1ncnc(NN)c1[N+](=O)[O-]. The summed E-state index contributed by atoms with van der Waals surface area (Å²) in [5.74, 6) is 6.19. The molecule has 0 aliphatic heterocycles. The van der Waals surface area contributed by atoms with E-state index >= 15 is 0 Å². The number of nitrogens with one attached hydrogen (secondary N) is 2. The van der Waals surface area contributed by atoms with Crippen LogP contribution in [0.5, 0.6) is 0 Å². The molecule has 0 radical (unpaired) electrons. The Morgan fingerprint density at radius 1 is 1.48 bits per heavy atom. The first-order chi connectivity index (χ1) is 10.1. The van der Waals surface area contributed by atoms with Gasteiger partial charge in [-0.15, -0.1) is 0 Å². The van der Waals surface area contributed by atoms with Crippen molar-refractivity contribution in [2.24, 2.45) is 5.84 Å². The summed E-state index contributed by atoms with van der Waals surface area (Å²) in [5, 5.41) is 14.1. The second-order valence-corrected chi connectivity index (χ2v) is 4.48. The lowest BCUT2D eigenvalue weighted by atomic mass is 10.1. The average Bonchev–Trinajstić information content (AvgIpc) is 2.97. The molecule has 9 nitrogen and oxygen atoms in total. The molecule has 0 saturated heterocycles. The van der Waals surface area contributed by atoms with Crippen molar-refractivity contribution in [2.75, 3.05) is 10.7 Å². The third-order valence-corrected chi connectivity index (χ3v) is 2.93. The molecule has 9 heteroatoms. The second kappa shape index (κ2) is 6.66. The number of furan rings is 1. The highest BCUT2D eigenvalue weighted by molar-refractivity contribution is 5.68. The van der Waals surface area contributed by atoms with Gasteiger partial charge in [0.25, 0.3) is 0 Å². The summed E-state index contributed by atoms with van der Waals surface area (Å²) in [6.45, 7) is 1.91. The molecule has 0 aromatic carbocycles. The van der Waals surface area contributed by atoms with Gasteiger partial charge in [-0.2, -0.15) is 0 Å². The van der Waals surface area contributed by atoms with Crippen molar-refractivity contribution in [3.8, 4) is 0 Å². The van der Waals surface area contributed by atoms with E-state index < -0.39 is 4.92 Å². The molecule has 0 spiro atoms. The maximum Gasteiger partial charge on any atom is 0.354 e. The third kappa shape index (κ3) is 3.66. The van der Waals surface area contributed by atoms with Gasteiger partial charge in [0.15, 0.2) is 0 Å². The zero-order chi connectivity index (χ0) is 15.2. The fourth-order valence-corrected chi connectivity index (χ4v) is 1.88. The molecule has 0 saturated carbocycles. The smallest absolute Gasteiger partial charge is 0.354 e. The number of hydrogen-bond donors (Lipinski definition) is 3. The third-order valence-electron chi connectivity index (χ3n) is 2.93. The molecular formula is C12H16N6O3. The number of anilines is 2. The van der Waals surface area contributed by atoms with Crippen LogP contribution in [0.15, 0.2) is 29.1 Å². The highest BCUT2D eigenvalue weighted by Gasteiger charge is 2.23. The van der Waals surface area contributed by atoms with E-state index in [9.17, 15) is 10.1 Å². The maximum absolute atomic E-state index is 11.1. The lowest BCUT2D eigenvalue weighted by Gasteiger charge is -2.14. The second-order valence-electron chi connectivity index (χ2n) is 4.48. The van der Waals surface area contributed by atoms with Crippen molar-refractivity contribution in [3.05, 3.63) is 40.6 Å². The highest BCUT2D eigenvalue weighted by atomic mass is 16.6. The van der Waals surface area contributed by atoms with Crippen LogP contribution in [0.1, 0.15) is 19.1 Å². The summed E-state index contributed by atoms with van der Waals surface area (Å²) in [6.07, 6.45) is 4.29. The minimum Gasteiger partial charge on any atom is -0.469 e. The Bertz CT molecular complexity index is 601. The largest absolute Gasteiger partial charge is 0.469 e. The van der Waals surface area contributed by atoms with Gasteiger partial charge in [-0.1, -0.05) is 0 Å². The Hall–Kier alpha value is -2.68. The van der Waals surface area contributed by atoms with Crippen molar-refractivity contribution >= 4 is 17.3 Å². The quantitative estimate of drug-likeness (QED) is 0.399. The van der Waals surface area contributed by atoms with E-state index in [2.05, 4.69) is 20.7 Å². The van der Waals surface area contributed by atoms with E-state index in [0.29, 0.717) is 0 Å². The van der Waals surface area contributed by atoms with Gasteiger partial charge in [-0.3, -0.25) is 10.1 Å². The maximum atomic E-state index is 11.1. The van der Waals surface area contributed by atoms with Crippen LogP contribution in [-0.2, 0) is 6.42 Å². The molecule has 0 amide bonds. The lowest BCUT2D eigenvalue weighted by molar-refractivity contribution is -0.383. The Morgan fingerprint density at radius 3 is 2.86 bits per heavy atom. The number of nitrogens with two attached hydrogens (primary N) is 1. The van der Waals surface area contributed by atoms with Gasteiger partial charge in [-0.25, -0.2) is 15.8 Å². The Balaban J connectivity index is 2.06. The molecule has 0 aliphatic rings. The summed E-state index contributed by atoms with van der Waals surface area (Å²) in [4.78, 5) is 18.2. The van der Waals surface area contributed by atoms with E-state index in [-0.39, 0.29) is 23.4 Å². The predicted molar refractivity (Wildman–Crippen MR) is 76.6 cm³/mol. The number of hydrogen-bond acceptors (Lipinski definition) is 8. The van der Waals surface area contributed by atoms with E-state index in [4.69, 9.17) is 10.3 Å². The number of nitrogen functional groups attached to an aromatic ring is 1. The fraction of sp³-hybridized carbons (Fsp3) is 0.333. The van der Waals surface area contributed by atoms with Crippen molar-refractivity contribution in [2.45, 2.75) is 25.8 Å². The van der Waals surface area contributed by atoms with Gasteiger partial charge < -0.3 is 15.2 Å². The van der Waals surface area contributed by atoms with Crippen LogP contribution in [0, 0.1) is 10.1 Å². The topological polar surface area (TPSA) is 132 Å². The van der Waals surface area contributed by atoms with Crippen LogP contribution < -0.4 is 16.6 Å². The van der Waals surface area contributed by atoms with Crippen LogP contribution >= 0.6 is 0 Å². The van der Waals surface area contributed by atoms with Crippen LogP contribution in [-0.4, -0.2) is 20.9 Å². The molecule has 2 aromatic rings. The van der Waals surface area contributed by atoms with E-state index in [1.807, 2.05) is 19.1 Å². The van der Waals surface area contributed by atoms with Crippen molar-refractivity contribution in [3.63, 3.8) is 0 Å². The van der Waals surface area contributed by atoms with Gasteiger partial charge in [0.1, 0.15) is 12.1 Å². The minimum atomic E-state index is -0.573. The van der Waals surface area contributed by atoms with Gasteiger partial charge in [0.05, 0.1) is 11.2 Å². The van der Waals surface area contributed by atoms with Gasteiger partial charge in [-0.05, 0) is 25.5 Å². The Kier molecular flexibility index (Phi) is 4.67. The highest BCUT2D eigenvalue weighted by Crippen LogP contribution is 2.28. The monoisotopic (exact) mass is 292 g/mol. The summed E-state index contributed by atoms with van der Waals surface area (Å²) in [6, 6.07) is 3.67. The fourth-order valence-electron chi connectivity index (χ4n) is 1.88. The van der Waals surface area contributed by atoms with Gasteiger partial charge in [0.2, 0.25) is 11.6 Å². The Labute approximate surface area is 120 Å². The summed E-state index contributed by atoms with van der Waals surface area (Å²) in [7, 11) is 0. The van der Waals surface area contributed by atoms with Crippen LogP contribution in [0.25, 0.3) is 0 Å². The van der Waals surface area contributed by atoms with Gasteiger partial charge in [0, 0.05) is 12.5 Å². The number of aromatic nitrogens is 2. The van der Waals surface area contributed by atoms with Crippen LogP contribution in [0.4, 0.5) is 17.3 Å². The summed E-state index contributed by atoms with van der Waals surface area (Å²) in [5.41, 5.74) is 1.92. The molecule has 0 bridgehead atoms. The average molecular weight is 292 g/mol. The molecule has 0 aliphatic carbocycles. The number of aryl methyl sites for hydroxylation is 1. The lowest BCUT2D eigenvalue weighted by Crippen LogP contribution is -2.19. The minimum absolute atomic E-state index is 0.0317. The summed E-state index contributed by atoms with van der Waals surface area (Å²) < 4.78 is 5.24. The van der Waals surface area contributed by atoms with Crippen LogP contribution in [0.2, 0.25) is 0 Å². The zero-order valence-corrected chi connectivity index (χ0v) is 11.4. The van der Waals surface area contributed by atoms with E-state index in [1.165, 1.54) is 6.33 Å². The molecule has 2 heterocycles. The normalized spacial score (nSPS) is 11.9. The van der Waals surface area contributed by atoms with E-state index in [0.717, 1.165) is 18.6 Å². The van der Waals surface area contributed by atoms with Crippen LogP contribution in [0.3, 0.4) is 0 Å². The van der Waals surface area contributed by atoms with Gasteiger partial charge >= 0.3 is 5.69 Å². The molecule has 112 valence electrons. The molecule has 1 unspecified atom stereocenters. The number of nitrogens with zero attached hydrogens (tertiary/aromatic N) is 3. The standard InChI is InChI=1S/C12H16N6O3/c1-8(4-5-9-3-2-6-21-9)16-11-10(18(19)20)12(17-13)15-7-14-11/h2-3,6-8H,4-5,13H2,1H3,(H2,14,15,16,17). The van der Waals surface area contributed by atoms with E-state index in [1.54, 1.807) is 6.26 Å². The number of nitro groups is 1. The van der Waals surface area contributed by atoms with Crippen molar-refractivity contribution < 1.29 is 9.34 Å². The molecule has 2 aromatic heterocycles. The molecule has 1 atom stereocenters. The Morgan fingerprint density at radius 2 is 2.24 bits per heavy atom. The molecular weight excluding hydrogens is 276 g/mol. The molecule has 21 heavy (non-hydrogen) atoms. The number of hydrazine groups is 1. The summed E-state index contributed by atoms with van der Waals surface area (Å²) >= 11 is 0. The predicted octanol–water partition coefficient (Wildman–Crippen LogP) is 1.70. The molecule has 2 rings (SSSR count).